The zero-order valence-electron chi connectivity index (χ0n) is 15.6. The predicted molar refractivity (Wildman–Crippen MR) is 97.0 cm³/mol. The summed E-state index contributed by atoms with van der Waals surface area (Å²) in [4.78, 5) is 12.2. The van der Waals surface area contributed by atoms with Gasteiger partial charge in [-0.15, -0.1) is 0 Å². The summed E-state index contributed by atoms with van der Waals surface area (Å²) in [5.41, 5.74) is -1.06. The molecule has 0 saturated carbocycles. The van der Waals surface area contributed by atoms with Crippen molar-refractivity contribution in [3.63, 3.8) is 0 Å². The molecule has 0 aromatic carbocycles. The highest BCUT2D eigenvalue weighted by atomic mass is 19.3. The smallest absolute Gasteiger partial charge is 0.263 e. The Morgan fingerprint density at radius 3 is 2.72 bits per heavy atom. The third-order valence-corrected chi connectivity index (χ3v) is 5.36. The number of aliphatic hydroxyl groups is 3. The van der Waals surface area contributed by atoms with E-state index < -0.39 is 36.6 Å². The van der Waals surface area contributed by atoms with Crippen LogP contribution in [0.4, 0.5) is 8.78 Å². The number of hydrogen-bond acceptors (Lipinski definition) is 7. The summed E-state index contributed by atoms with van der Waals surface area (Å²) in [6, 6.07) is 3.95. The molecule has 1 aliphatic rings. The third-order valence-electron chi connectivity index (χ3n) is 5.36. The van der Waals surface area contributed by atoms with Crippen molar-refractivity contribution in [3.8, 4) is 0 Å². The van der Waals surface area contributed by atoms with Gasteiger partial charge in [0.25, 0.3) is 6.43 Å². The molecule has 29 heavy (non-hydrogen) atoms. The molecule has 0 amide bonds. The van der Waals surface area contributed by atoms with E-state index in [4.69, 9.17) is 4.74 Å². The molecule has 5 atom stereocenters. The molecule has 0 spiro atoms. The number of aromatic nitrogens is 4. The maximum atomic E-state index is 13.0. The lowest BCUT2D eigenvalue weighted by atomic mass is 9.89. The average Bonchev–Trinajstić information content (AvgIpc) is 3.22. The molecule has 10 heteroatoms. The second-order valence-corrected chi connectivity index (χ2v) is 7.30. The van der Waals surface area contributed by atoms with Crippen molar-refractivity contribution in [1.29, 1.82) is 0 Å². The highest BCUT2D eigenvalue weighted by molar-refractivity contribution is 5.78. The Morgan fingerprint density at radius 1 is 1.24 bits per heavy atom. The van der Waals surface area contributed by atoms with Gasteiger partial charge in [0.15, 0.2) is 6.23 Å². The average molecular weight is 406 g/mol. The van der Waals surface area contributed by atoms with Crippen LogP contribution in [-0.4, -0.2) is 52.6 Å². The van der Waals surface area contributed by atoms with E-state index in [9.17, 15) is 24.1 Å². The number of aryl methyl sites for hydroxylation is 1. The van der Waals surface area contributed by atoms with Gasteiger partial charge in [-0.2, -0.15) is 0 Å². The SMILES string of the molecule is Cc1ncnc2c1ccn2[C@@H]1O[C@H]([C@H](O)c2cc(C(F)F)ccn2)[C@@](C)(O)[C@H]1O. The van der Waals surface area contributed by atoms with Crippen LogP contribution in [0.25, 0.3) is 11.0 Å². The first-order valence-electron chi connectivity index (χ1n) is 8.98. The highest BCUT2D eigenvalue weighted by Gasteiger charge is 2.56. The number of alkyl halides is 2. The lowest BCUT2D eigenvalue weighted by Crippen LogP contribution is -2.47. The van der Waals surface area contributed by atoms with Crippen molar-refractivity contribution in [3.05, 3.63) is 53.9 Å². The van der Waals surface area contributed by atoms with E-state index in [1.54, 1.807) is 16.8 Å². The Balaban J connectivity index is 1.69. The van der Waals surface area contributed by atoms with Crippen LogP contribution >= 0.6 is 0 Å². The van der Waals surface area contributed by atoms with Crippen LogP contribution in [0.15, 0.2) is 36.9 Å². The fraction of sp³-hybridized carbons (Fsp3) is 0.421. The van der Waals surface area contributed by atoms with E-state index in [0.717, 1.165) is 29.4 Å². The van der Waals surface area contributed by atoms with Gasteiger partial charge in [-0.25, -0.2) is 18.7 Å². The van der Waals surface area contributed by atoms with Gasteiger partial charge in [-0.3, -0.25) is 4.98 Å². The second kappa shape index (κ2) is 7.06. The number of pyridine rings is 1. The van der Waals surface area contributed by atoms with Crippen molar-refractivity contribution in [2.45, 2.75) is 50.4 Å². The molecular formula is C19H20F2N4O4. The molecular weight excluding hydrogens is 386 g/mol. The van der Waals surface area contributed by atoms with Gasteiger partial charge >= 0.3 is 0 Å². The summed E-state index contributed by atoms with van der Waals surface area (Å²) >= 11 is 0. The van der Waals surface area contributed by atoms with Crippen LogP contribution in [0, 0.1) is 6.92 Å². The Bertz CT molecular complexity index is 1040. The summed E-state index contributed by atoms with van der Waals surface area (Å²) in [5.74, 6) is 0. The number of halogens is 2. The molecule has 8 nitrogen and oxygen atoms in total. The zero-order chi connectivity index (χ0) is 20.9. The molecule has 1 aliphatic heterocycles. The Hall–Kier alpha value is -2.53. The Kier molecular flexibility index (Phi) is 4.82. The van der Waals surface area contributed by atoms with Gasteiger partial charge in [0.05, 0.1) is 11.4 Å². The molecule has 154 valence electrons. The van der Waals surface area contributed by atoms with Gasteiger partial charge in [-0.1, -0.05) is 0 Å². The zero-order valence-corrected chi connectivity index (χ0v) is 15.6. The van der Waals surface area contributed by atoms with Gasteiger partial charge in [-0.05, 0) is 32.0 Å². The topological polar surface area (TPSA) is 114 Å². The van der Waals surface area contributed by atoms with Crippen LogP contribution < -0.4 is 0 Å². The fourth-order valence-electron chi connectivity index (χ4n) is 3.65. The molecule has 1 fully saturated rings. The maximum Gasteiger partial charge on any atom is 0.263 e. The van der Waals surface area contributed by atoms with Crippen molar-refractivity contribution in [2.75, 3.05) is 0 Å². The summed E-state index contributed by atoms with van der Waals surface area (Å²) in [6.07, 6.45) is -3.91. The van der Waals surface area contributed by atoms with Gasteiger partial charge < -0.3 is 24.6 Å². The minimum absolute atomic E-state index is 0.0866. The first-order valence-corrected chi connectivity index (χ1v) is 8.98. The van der Waals surface area contributed by atoms with Crippen molar-refractivity contribution in [2.24, 2.45) is 0 Å². The van der Waals surface area contributed by atoms with Crippen LogP contribution in [0.3, 0.4) is 0 Å². The first kappa shape index (κ1) is 19.8. The van der Waals surface area contributed by atoms with Gasteiger partial charge in [0.1, 0.15) is 35.9 Å². The molecule has 3 aromatic rings. The van der Waals surface area contributed by atoms with Crippen LogP contribution in [0.2, 0.25) is 0 Å². The van der Waals surface area contributed by atoms with E-state index in [2.05, 4.69) is 15.0 Å². The Labute approximate surface area is 164 Å². The minimum atomic E-state index is -2.73. The number of fused-ring (bicyclic) bond motifs is 1. The van der Waals surface area contributed by atoms with E-state index in [1.807, 2.05) is 6.92 Å². The normalized spacial score (nSPS) is 28.3. The Morgan fingerprint density at radius 2 is 2.00 bits per heavy atom. The van der Waals surface area contributed by atoms with E-state index in [1.165, 1.54) is 13.3 Å². The fourth-order valence-corrected chi connectivity index (χ4v) is 3.65. The van der Waals surface area contributed by atoms with Crippen molar-refractivity contribution in [1.82, 2.24) is 19.5 Å². The number of hydrogen-bond donors (Lipinski definition) is 3. The molecule has 0 bridgehead atoms. The van der Waals surface area contributed by atoms with E-state index >= 15 is 0 Å². The summed E-state index contributed by atoms with van der Waals surface area (Å²) in [7, 11) is 0. The quantitative estimate of drug-likeness (QED) is 0.606. The maximum absolute atomic E-state index is 13.0. The van der Waals surface area contributed by atoms with E-state index in [-0.39, 0.29) is 11.3 Å². The second-order valence-electron chi connectivity index (χ2n) is 7.30. The molecule has 0 radical (unpaired) electrons. The molecule has 3 aromatic heterocycles. The molecule has 4 heterocycles. The number of aliphatic hydroxyl groups excluding tert-OH is 2. The van der Waals surface area contributed by atoms with Crippen molar-refractivity contribution < 1.29 is 28.8 Å². The first-order chi connectivity index (χ1) is 13.7. The lowest BCUT2D eigenvalue weighted by molar-refractivity contribution is -0.116. The molecule has 1 saturated heterocycles. The predicted octanol–water partition coefficient (Wildman–Crippen LogP) is 1.82. The number of rotatable bonds is 4. The lowest BCUT2D eigenvalue weighted by Gasteiger charge is -2.29. The molecule has 4 rings (SSSR count). The van der Waals surface area contributed by atoms with Crippen molar-refractivity contribution >= 4 is 11.0 Å². The van der Waals surface area contributed by atoms with Crippen LogP contribution in [-0.2, 0) is 4.74 Å². The molecule has 3 N–H and O–H groups in total. The molecule has 0 aliphatic carbocycles. The highest BCUT2D eigenvalue weighted by Crippen LogP contribution is 2.43. The molecule has 0 unspecified atom stereocenters. The van der Waals surface area contributed by atoms with Crippen LogP contribution in [0.1, 0.15) is 42.6 Å². The van der Waals surface area contributed by atoms with Crippen LogP contribution in [0.5, 0.6) is 0 Å². The summed E-state index contributed by atoms with van der Waals surface area (Å²) in [6.45, 7) is 3.12. The summed E-state index contributed by atoms with van der Waals surface area (Å²) in [5, 5.41) is 33.1. The number of nitrogens with zero attached hydrogens (tertiary/aromatic N) is 4. The third kappa shape index (κ3) is 3.18. The number of ether oxygens (including phenoxy) is 1. The van der Waals surface area contributed by atoms with E-state index in [0.29, 0.717) is 5.65 Å². The largest absolute Gasteiger partial charge is 0.385 e. The monoisotopic (exact) mass is 406 g/mol. The minimum Gasteiger partial charge on any atom is -0.385 e. The summed E-state index contributed by atoms with van der Waals surface area (Å²) < 4.78 is 33.3. The van der Waals surface area contributed by atoms with Gasteiger partial charge in [0, 0.05) is 23.3 Å². The standard InChI is InChI=1S/C19H20F2N4O4/c1-9-11-4-6-25(17(11)24-8-23-9)18-14(27)19(2,28)15(29-18)13(26)12-7-10(16(20)21)3-5-22-12/h3-8,13-16,18,26-28H,1-2H3/t13-,14+,15-,18-,19+/m1/s1. The van der Waals surface area contributed by atoms with Gasteiger partial charge in [0.2, 0.25) is 0 Å².